The van der Waals surface area contributed by atoms with Crippen LogP contribution in [-0.4, -0.2) is 42.4 Å². The molecule has 1 aromatic heterocycles. The molecule has 1 aliphatic carbocycles. The molecule has 2 aromatic carbocycles. The SMILES string of the molecule is COCO[C@@H]1CC[C@@]2(C)Oc3c(cc(/C=C/c4cc(O)c5ccn(C)c5c4)cc3OC)C[C@@H]2C1(C)C. The molecule has 3 atom stereocenters. The van der Waals surface area contributed by atoms with Crippen molar-refractivity contribution in [1.82, 2.24) is 4.57 Å². The average Bonchev–Trinajstić information content (AvgIpc) is 3.22. The number of aryl methyl sites for hydroxylation is 1. The number of aromatic hydroxyl groups is 1. The third kappa shape index (κ3) is 4.16. The number of fused-ring (bicyclic) bond motifs is 3. The number of hydrogen-bond donors (Lipinski definition) is 1. The van der Waals surface area contributed by atoms with Gasteiger partial charge >= 0.3 is 0 Å². The summed E-state index contributed by atoms with van der Waals surface area (Å²) < 4.78 is 25.9. The van der Waals surface area contributed by atoms with Gasteiger partial charge in [0.25, 0.3) is 0 Å². The van der Waals surface area contributed by atoms with Gasteiger partial charge in [-0.2, -0.15) is 0 Å². The van der Waals surface area contributed by atoms with E-state index in [4.69, 9.17) is 18.9 Å². The Labute approximate surface area is 213 Å². The molecule has 1 N–H and O–H groups in total. The number of methoxy groups -OCH3 is 2. The summed E-state index contributed by atoms with van der Waals surface area (Å²) in [7, 11) is 5.34. The highest BCUT2D eigenvalue weighted by molar-refractivity contribution is 5.89. The van der Waals surface area contributed by atoms with Crippen LogP contribution >= 0.6 is 0 Å². The zero-order valence-corrected chi connectivity index (χ0v) is 22.1. The number of ether oxygens (including phenoxy) is 4. The van der Waals surface area contributed by atoms with Gasteiger partial charge in [0.1, 0.15) is 18.1 Å². The van der Waals surface area contributed by atoms with E-state index >= 15 is 0 Å². The van der Waals surface area contributed by atoms with Crippen LogP contribution in [-0.2, 0) is 22.9 Å². The van der Waals surface area contributed by atoms with Crippen LogP contribution in [0.25, 0.3) is 23.1 Å². The fourth-order valence-electron chi connectivity index (χ4n) is 6.34. The van der Waals surface area contributed by atoms with Crippen LogP contribution < -0.4 is 9.47 Å². The van der Waals surface area contributed by atoms with Crippen molar-refractivity contribution in [2.75, 3.05) is 21.0 Å². The van der Waals surface area contributed by atoms with E-state index in [1.165, 1.54) is 0 Å². The Morgan fingerprint density at radius 3 is 2.58 bits per heavy atom. The molecule has 0 saturated heterocycles. The molecule has 6 nitrogen and oxygen atoms in total. The Balaban J connectivity index is 1.48. The second-order valence-corrected chi connectivity index (χ2v) is 11.0. The van der Waals surface area contributed by atoms with Crippen LogP contribution in [0.3, 0.4) is 0 Å². The topological polar surface area (TPSA) is 62.1 Å². The van der Waals surface area contributed by atoms with E-state index in [2.05, 4.69) is 39.0 Å². The second-order valence-electron chi connectivity index (χ2n) is 11.0. The number of phenolic OH excluding ortho intramolecular Hbond substituents is 1. The van der Waals surface area contributed by atoms with E-state index < -0.39 is 0 Å². The Morgan fingerprint density at radius 2 is 1.86 bits per heavy atom. The van der Waals surface area contributed by atoms with Crippen LogP contribution in [0.2, 0.25) is 0 Å². The second kappa shape index (κ2) is 9.16. The average molecular weight is 492 g/mol. The summed E-state index contributed by atoms with van der Waals surface area (Å²) in [5, 5.41) is 11.3. The minimum absolute atomic E-state index is 0.0791. The maximum atomic E-state index is 10.5. The Hall–Kier alpha value is -2.96. The standard InChI is InChI=1S/C30H37NO5/c1-29(2)26-17-21-13-19(7-8-20-14-23-22(24(32)15-20)10-12-31(23)4)16-25(34-6)28(21)36-30(26,3)11-9-27(29)35-18-33-5/h7-8,10,12-16,26-27,32H,9,11,17-18H2,1-6H3/b8-7+/t26-,27-,30-/m1/s1. The molecule has 0 radical (unpaired) electrons. The van der Waals surface area contributed by atoms with Crippen molar-refractivity contribution in [3.8, 4) is 17.2 Å². The lowest BCUT2D eigenvalue weighted by atomic mass is 9.57. The predicted octanol–water partition coefficient (Wildman–Crippen LogP) is 6.18. The smallest absolute Gasteiger partial charge is 0.165 e. The van der Waals surface area contributed by atoms with Gasteiger partial charge in [-0.05, 0) is 78.6 Å². The van der Waals surface area contributed by atoms with E-state index in [0.29, 0.717) is 6.79 Å². The fraction of sp³-hybridized carbons (Fsp3) is 0.467. The van der Waals surface area contributed by atoms with E-state index in [0.717, 1.165) is 58.4 Å². The highest BCUT2D eigenvalue weighted by atomic mass is 16.7. The molecular formula is C30H37NO5. The number of hydrogen-bond acceptors (Lipinski definition) is 5. The zero-order chi connectivity index (χ0) is 25.7. The van der Waals surface area contributed by atoms with E-state index in [-0.39, 0.29) is 28.8 Å². The summed E-state index contributed by atoms with van der Waals surface area (Å²) in [4.78, 5) is 0. The lowest BCUT2D eigenvalue weighted by Crippen LogP contribution is -2.59. The first kappa shape index (κ1) is 24.7. The van der Waals surface area contributed by atoms with E-state index in [1.54, 1.807) is 20.3 Å². The first-order valence-corrected chi connectivity index (χ1v) is 12.6. The van der Waals surface area contributed by atoms with Gasteiger partial charge in [-0.3, -0.25) is 0 Å². The third-order valence-corrected chi connectivity index (χ3v) is 8.36. The molecular weight excluding hydrogens is 454 g/mol. The summed E-state index contributed by atoms with van der Waals surface area (Å²) in [6.45, 7) is 7.12. The molecule has 2 aliphatic rings. The zero-order valence-electron chi connectivity index (χ0n) is 22.1. The Kier molecular flexibility index (Phi) is 6.29. The van der Waals surface area contributed by atoms with Gasteiger partial charge in [0.05, 0.1) is 18.7 Å². The molecule has 0 unspecified atom stereocenters. The first-order valence-electron chi connectivity index (χ1n) is 12.6. The first-order chi connectivity index (χ1) is 17.2. The van der Waals surface area contributed by atoms with Gasteiger partial charge in [-0.1, -0.05) is 26.0 Å². The maximum absolute atomic E-state index is 10.5. The van der Waals surface area contributed by atoms with E-state index in [1.807, 2.05) is 36.0 Å². The van der Waals surface area contributed by atoms with Crippen molar-refractivity contribution in [2.45, 2.75) is 51.7 Å². The van der Waals surface area contributed by atoms with Crippen molar-refractivity contribution in [2.24, 2.45) is 18.4 Å². The quantitative estimate of drug-likeness (QED) is 0.329. The number of rotatable bonds is 6. The number of benzene rings is 2. The molecule has 0 spiro atoms. The lowest BCUT2D eigenvalue weighted by Gasteiger charge is -2.56. The summed E-state index contributed by atoms with van der Waals surface area (Å²) in [5.41, 5.74) is 3.76. The fourth-order valence-corrected chi connectivity index (χ4v) is 6.34. The van der Waals surface area contributed by atoms with Crippen molar-refractivity contribution in [3.05, 3.63) is 53.2 Å². The van der Waals surface area contributed by atoms with Gasteiger partial charge < -0.3 is 28.6 Å². The maximum Gasteiger partial charge on any atom is 0.165 e. The van der Waals surface area contributed by atoms with Crippen molar-refractivity contribution < 1.29 is 24.1 Å². The Bertz CT molecular complexity index is 1310. The van der Waals surface area contributed by atoms with Crippen LogP contribution in [0.15, 0.2) is 36.5 Å². The van der Waals surface area contributed by atoms with Crippen LogP contribution in [0, 0.1) is 11.3 Å². The van der Waals surface area contributed by atoms with E-state index in [9.17, 15) is 5.11 Å². The minimum Gasteiger partial charge on any atom is -0.507 e. The molecule has 0 amide bonds. The lowest BCUT2D eigenvalue weighted by molar-refractivity contribution is -0.185. The molecule has 1 fully saturated rings. The highest BCUT2D eigenvalue weighted by Crippen LogP contribution is 2.55. The largest absolute Gasteiger partial charge is 0.507 e. The van der Waals surface area contributed by atoms with Crippen LogP contribution in [0.5, 0.6) is 17.2 Å². The molecule has 1 saturated carbocycles. The highest BCUT2D eigenvalue weighted by Gasteiger charge is 2.55. The van der Waals surface area contributed by atoms with Crippen molar-refractivity contribution >= 4 is 23.1 Å². The normalized spacial score (nSPS) is 24.9. The van der Waals surface area contributed by atoms with Crippen molar-refractivity contribution in [3.63, 3.8) is 0 Å². The van der Waals surface area contributed by atoms with Gasteiger partial charge in [0.15, 0.2) is 11.5 Å². The van der Waals surface area contributed by atoms with Gasteiger partial charge in [0.2, 0.25) is 0 Å². The Morgan fingerprint density at radius 1 is 1.11 bits per heavy atom. The van der Waals surface area contributed by atoms with Crippen LogP contribution in [0.4, 0.5) is 0 Å². The summed E-state index contributed by atoms with van der Waals surface area (Å²) in [6.07, 6.45) is 8.91. The van der Waals surface area contributed by atoms with Gasteiger partial charge in [-0.15, -0.1) is 0 Å². The van der Waals surface area contributed by atoms with Crippen LogP contribution in [0.1, 0.15) is 50.3 Å². The molecule has 0 bridgehead atoms. The molecule has 192 valence electrons. The number of nitrogens with zero attached hydrogens (tertiary/aromatic N) is 1. The molecule has 36 heavy (non-hydrogen) atoms. The molecule has 6 heteroatoms. The summed E-state index contributed by atoms with van der Waals surface area (Å²) in [5.74, 6) is 2.17. The monoisotopic (exact) mass is 491 g/mol. The minimum atomic E-state index is -0.282. The summed E-state index contributed by atoms with van der Waals surface area (Å²) >= 11 is 0. The van der Waals surface area contributed by atoms with Gasteiger partial charge in [-0.25, -0.2) is 0 Å². The predicted molar refractivity (Wildman–Crippen MR) is 142 cm³/mol. The number of phenols is 1. The van der Waals surface area contributed by atoms with Crippen molar-refractivity contribution in [1.29, 1.82) is 0 Å². The molecule has 2 heterocycles. The number of aromatic nitrogens is 1. The summed E-state index contributed by atoms with van der Waals surface area (Å²) in [6, 6.07) is 10.0. The third-order valence-electron chi connectivity index (χ3n) is 8.36. The van der Waals surface area contributed by atoms with Gasteiger partial charge in [0, 0.05) is 31.7 Å². The molecule has 1 aliphatic heterocycles. The molecule has 5 rings (SSSR count). The molecule has 3 aromatic rings.